The number of furan rings is 1. The Morgan fingerprint density at radius 2 is 1.94 bits per heavy atom. The summed E-state index contributed by atoms with van der Waals surface area (Å²) < 4.78 is 5.50. The molecule has 1 aliphatic rings. The van der Waals surface area contributed by atoms with Crippen LogP contribution in [0, 0.1) is 0 Å². The molecule has 0 aliphatic heterocycles. The molecule has 0 fully saturated rings. The minimum absolute atomic E-state index is 0.0951. The summed E-state index contributed by atoms with van der Waals surface area (Å²) in [5.74, 6) is 7.13. The third-order valence-corrected chi connectivity index (χ3v) is 7.52. The summed E-state index contributed by atoms with van der Waals surface area (Å²) in [7, 11) is 0. The molecule has 8 nitrogen and oxygen atoms in total. The van der Waals surface area contributed by atoms with Gasteiger partial charge in [-0.1, -0.05) is 36.9 Å². The van der Waals surface area contributed by atoms with Crippen LogP contribution in [0.15, 0.2) is 80.9 Å². The van der Waals surface area contributed by atoms with Gasteiger partial charge in [-0.3, -0.25) is 9.59 Å². The lowest BCUT2D eigenvalue weighted by atomic mass is 10.1. The van der Waals surface area contributed by atoms with Gasteiger partial charge in [0, 0.05) is 11.1 Å². The quantitative estimate of drug-likeness (QED) is 0.101. The molecule has 34 heavy (non-hydrogen) atoms. The molecule has 0 saturated heterocycles. The molecule has 2 aromatic rings. The maximum atomic E-state index is 12.8. The fraction of sp³-hybridized carbons (Fsp3) is 0.292. The van der Waals surface area contributed by atoms with Crippen molar-refractivity contribution < 1.29 is 14.0 Å². The third kappa shape index (κ3) is 6.78. The largest absolute Gasteiger partial charge is 0.467 e. The van der Waals surface area contributed by atoms with E-state index in [0.29, 0.717) is 23.8 Å². The minimum Gasteiger partial charge on any atom is -0.467 e. The number of ketones is 1. The average molecular weight is 500 g/mol. The van der Waals surface area contributed by atoms with Crippen LogP contribution in [0.5, 0.6) is 0 Å². The van der Waals surface area contributed by atoms with Gasteiger partial charge in [0.05, 0.1) is 24.4 Å². The van der Waals surface area contributed by atoms with E-state index in [-0.39, 0.29) is 11.5 Å². The highest BCUT2D eigenvalue weighted by Crippen LogP contribution is 2.38. The highest BCUT2D eigenvalue weighted by Gasteiger charge is 2.25. The Morgan fingerprint density at radius 1 is 1.18 bits per heavy atom. The van der Waals surface area contributed by atoms with Crippen LogP contribution in [0.2, 0.25) is 0 Å². The van der Waals surface area contributed by atoms with E-state index >= 15 is 0 Å². The van der Waals surface area contributed by atoms with Crippen LogP contribution in [-0.2, 0) is 16.1 Å². The molecule has 1 aliphatic carbocycles. The van der Waals surface area contributed by atoms with Crippen molar-refractivity contribution >= 4 is 41.0 Å². The summed E-state index contributed by atoms with van der Waals surface area (Å²) in [6, 6.07) is 13.3. The highest BCUT2D eigenvalue weighted by atomic mass is 32.2. The first-order valence-electron chi connectivity index (χ1n) is 10.7. The molecule has 10 heteroatoms. The van der Waals surface area contributed by atoms with Crippen molar-refractivity contribution in [3.8, 4) is 0 Å². The molecular formula is C24H29N5O3S2. The van der Waals surface area contributed by atoms with E-state index in [0.717, 1.165) is 41.1 Å². The van der Waals surface area contributed by atoms with E-state index in [4.69, 9.17) is 21.7 Å². The number of nitrogens with two attached hydrogens (primary N) is 3. The smallest absolute Gasteiger partial charge is 0.248 e. The fourth-order valence-electron chi connectivity index (χ4n) is 3.57. The van der Waals surface area contributed by atoms with Crippen molar-refractivity contribution in [3.63, 3.8) is 0 Å². The second kappa shape index (κ2) is 12.5. The summed E-state index contributed by atoms with van der Waals surface area (Å²) in [6.07, 6.45) is 4.00. The van der Waals surface area contributed by atoms with E-state index in [1.54, 1.807) is 6.26 Å². The van der Waals surface area contributed by atoms with Crippen LogP contribution >= 0.6 is 23.5 Å². The van der Waals surface area contributed by atoms with Gasteiger partial charge in [-0.2, -0.15) is 5.10 Å². The Labute approximate surface area is 207 Å². The number of Topliss-reactive ketones (excluding diaryl/α,β-unsaturated/α-hetero) is 1. The average Bonchev–Trinajstić information content (AvgIpc) is 3.51. The lowest BCUT2D eigenvalue weighted by molar-refractivity contribution is -0.116. The number of hydrazone groups is 1. The molecule has 3 rings (SSSR count). The molecule has 0 bridgehead atoms. The molecule has 180 valence electrons. The number of hydrogen-bond acceptors (Lipinski definition) is 8. The standard InChI is InChI=1S/C24H29N5O3S2/c1-16(22(25)31)19-10-5-11-21(19)34-23(26)20(30)14-33-15-29(13-18-9-6-12-32-18)24(28-27)17-7-3-2-4-8-17/h2-4,6-9,12,23H,1,5,10-11,13-15,26-27H2,(H2,25,31)/b28-24-. The second-order valence-corrected chi connectivity index (χ2v) is 9.87. The first-order chi connectivity index (χ1) is 16.4. The van der Waals surface area contributed by atoms with Crippen molar-refractivity contribution in [1.29, 1.82) is 0 Å². The summed E-state index contributed by atoms with van der Waals surface area (Å²) in [5, 5.41) is 3.27. The number of amidine groups is 1. The van der Waals surface area contributed by atoms with Crippen molar-refractivity contribution in [1.82, 2.24) is 4.90 Å². The Bertz CT molecular complexity index is 1070. The number of hydrogen-bond donors (Lipinski definition) is 3. The Kier molecular flexibility index (Phi) is 9.43. The summed E-state index contributed by atoms with van der Waals surface area (Å²) >= 11 is 2.72. The molecule has 1 aromatic carbocycles. The number of carbonyl (C=O) groups is 2. The van der Waals surface area contributed by atoms with Gasteiger partial charge in [-0.05, 0) is 41.9 Å². The molecule has 0 saturated carbocycles. The highest BCUT2D eigenvalue weighted by molar-refractivity contribution is 8.04. The number of amides is 1. The molecule has 1 amide bonds. The lowest BCUT2D eigenvalue weighted by Gasteiger charge is -2.24. The van der Waals surface area contributed by atoms with Crippen molar-refractivity contribution in [2.24, 2.45) is 22.4 Å². The predicted molar refractivity (Wildman–Crippen MR) is 139 cm³/mol. The van der Waals surface area contributed by atoms with Crippen LogP contribution in [0.1, 0.15) is 30.6 Å². The topological polar surface area (TPSA) is 141 Å². The Hall–Kier alpha value is -2.95. The van der Waals surface area contributed by atoms with Crippen LogP contribution in [0.3, 0.4) is 0 Å². The summed E-state index contributed by atoms with van der Waals surface area (Å²) in [4.78, 5) is 27.1. The van der Waals surface area contributed by atoms with Gasteiger partial charge >= 0.3 is 0 Å². The Morgan fingerprint density at radius 3 is 2.59 bits per heavy atom. The fourth-order valence-corrected chi connectivity index (χ4v) is 5.73. The molecule has 1 aromatic heterocycles. The van der Waals surface area contributed by atoms with E-state index < -0.39 is 11.3 Å². The zero-order chi connectivity index (χ0) is 24.5. The van der Waals surface area contributed by atoms with Crippen molar-refractivity contribution in [3.05, 3.63) is 82.7 Å². The van der Waals surface area contributed by atoms with E-state index in [2.05, 4.69) is 11.7 Å². The molecular weight excluding hydrogens is 470 g/mol. The van der Waals surface area contributed by atoms with Crippen LogP contribution < -0.4 is 17.3 Å². The maximum Gasteiger partial charge on any atom is 0.248 e. The van der Waals surface area contributed by atoms with Crippen molar-refractivity contribution in [2.75, 3.05) is 11.6 Å². The minimum atomic E-state index is -0.730. The number of carbonyl (C=O) groups excluding carboxylic acids is 2. The van der Waals surface area contributed by atoms with Crippen LogP contribution in [0.4, 0.5) is 0 Å². The monoisotopic (exact) mass is 499 g/mol. The van der Waals surface area contributed by atoms with Crippen molar-refractivity contribution in [2.45, 2.75) is 31.2 Å². The number of primary amides is 1. The van der Waals surface area contributed by atoms with Crippen LogP contribution in [-0.4, -0.2) is 39.4 Å². The summed E-state index contributed by atoms with van der Waals surface area (Å²) in [6.45, 7) is 4.23. The Balaban J connectivity index is 1.62. The lowest BCUT2D eigenvalue weighted by Crippen LogP contribution is -2.33. The first kappa shape index (κ1) is 25.7. The zero-order valence-electron chi connectivity index (χ0n) is 18.8. The number of thioether (sulfide) groups is 2. The van der Waals surface area contributed by atoms with Gasteiger partial charge in [-0.15, -0.1) is 23.5 Å². The zero-order valence-corrected chi connectivity index (χ0v) is 20.4. The van der Waals surface area contributed by atoms with E-state index in [1.165, 1.54) is 23.5 Å². The molecule has 6 N–H and O–H groups in total. The first-order valence-corrected chi connectivity index (χ1v) is 12.8. The van der Waals surface area contributed by atoms with Gasteiger partial charge < -0.3 is 26.6 Å². The number of benzene rings is 1. The summed E-state index contributed by atoms with van der Waals surface area (Å²) in [5.41, 5.74) is 13.6. The van der Waals surface area contributed by atoms with E-state index in [9.17, 15) is 9.59 Å². The van der Waals surface area contributed by atoms with E-state index in [1.807, 2.05) is 47.4 Å². The number of nitrogens with zero attached hydrogens (tertiary/aromatic N) is 2. The predicted octanol–water partition coefficient (Wildman–Crippen LogP) is 3.16. The van der Waals surface area contributed by atoms with Crippen LogP contribution in [0.25, 0.3) is 0 Å². The number of rotatable bonds is 12. The van der Waals surface area contributed by atoms with Gasteiger partial charge in [-0.25, -0.2) is 0 Å². The molecule has 1 heterocycles. The molecule has 1 atom stereocenters. The normalized spacial score (nSPS) is 14.8. The molecule has 0 radical (unpaired) electrons. The number of allylic oxidation sites excluding steroid dienone is 1. The van der Waals surface area contributed by atoms with Gasteiger partial charge in [0.1, 0.15) is 11.1 Å². The second-order valence-electron chi connectivity index (χ2n) is 7.68. The molecule has 1 unspecified atom stereocenters. The third-order valence-electron chi connectivity index (χ3n) is 5.29. The van der Waals surface area contributed by atoms with Gasteiger partial charge in [0.25, 0.3) is 0 Å². The van der Waals surface area contributed by atoms with Gasteiger partial charge in [0.15, 0.2) is 11.6 Å². The maximum absolute atomic E-state index is 12.8. The SMILES string of the molecule is C=C(C(N)=O)C1=C(SC(N)C(=O)CSCN(Cc2ccco2)/C(=N\N)c2ccccc2)CCC1. The van der Waals surface area contributed by atoms with Gasteiger partial charge in [0.2, 0.25) is 5.91 Å². The molecule has 0 spiro atoms.